The highest BCUT2D eigenvalue weighted by atomic mass is 19.1. The third kappa shape index (κ3) is 6.34. The Kier molecular flexibility index (Phi) is 8.53. The van der Waals surface area contributed by atoms with Gasteiger partial charge in [-0.15, -0.1) is 0 Å². The summed E-state index contributed by atoms with van der Waals surface area (Å²) in [6.45, 7) is 4.25. The van der Waals surface area contributed by atoms with Crippen LogP contribution in [-0.2, 0) is 19.3 Å². The number of aryl methyl sites for hydroxylation is 1. The van der Waals surface area contributed by atoms with Crippen molar-refractivity contribution in [3.8, 4) is 0 Å². The van der Waals surface area contributed by atoms with Crippen LogP contribution in [0.15, 0.2) is 66.7 Å². The molecule has 0 spiro atoms. The number of rotatable bonds is 9. The van der Waals surface area contributed by atoms with Gasteiger partial charge in [-0.3, -0.25) is 0 Å². The van der Waals surface area contributed by atoms with Gasteiger partial charge in [-0.25, -0.2) is 8.78 Å². The van der Waals surface area contributed by atoms with E-state index < -0.39 is 0 Å². The molecule has 0 aliphatic heterocycles. The molecule has 1 aliphatic carbocycles. The molecule has 0 radical (unpaired) electrons. The van der Waals surface area contributed by atoms with E-state index in [2.05, 4.69) is 61.5 Å². The van der Waals surface area contributed by atoms with Crippen LogP contribution in [-0.4, -0.2) is 0 Å². The van der Waals surface area contributed by atoms with E-state index in [1.807, 2.05) is 6.92 Å². The largest absolute Gasteiger partial charge is 0.207 e. The molecule has 34 heavy (non-hydrogen) atoms. The maximum atomic E-state index is 14.4. The maximum Gasteiger partial charge on any atom is 0.129 e. The molecular weight excluding hydrogens is 422 g/mol. The summed E-state index contributed by atoms with van der Waals surface area (Å²) in [6.07, 6.45) is 8.97. The van der Waals surface area contributed by atoms with Gasteiger partial charge < -0.3 is 0 Å². The Balaban J connectivity index is 1.24. The summed E-state index contributed by atoms with van der Waals surface area (Å²) in [5.74, 6) is 0.804. The second kappa shape index (κ2) is 11.8. The Bertz CT molecular complexity index is 1010. The minimum absolute atomic E-state index is 0.250. The molecule has 3 aromatic rings. The van der Waals surface area contributed by atoms with Crippen molar-refractivity contribution < 1.29 is 8.78 Å². The zero-order valence-electron chi connectivity index (χ0n) is 20.7. The van der Waals surface area contributed by atoms with E-state index >= 15 is 0 Å². The lowest BCUT2D eigenvalue weighted by molar-refractivity contribution is 0.309. The van der Waals surface area contributed by atoms with Crippen LogP contribution < -0.4 is 0 Å². The molecule has 0 unspecified atom stereocenters. The zero-order chi connectivity index (χ0) is 23.9. The molecule has 180 valence electrons. The summed E-state index contributed by atoms with van der Waals surface area (Å²) in [7, 11) is 0. The van der Waals surface area contributed by atoms with Crippen LogP contribution in [0.2, 0.25) is 0 Å². The third-order valence-corrected chi connectivity index (χ3v) is 7.76. The maximum absolute atomic E-state index is 14.4. The standard InChI is InChI=1S/C32H38F2/c1-3-7-30-31(33)21-29(22-32(30)34)28-18-16-25(17-19-28)11-10-24-12-14-26(15-13-24)20-23(2)27-8-5-4-6-9-27/h4-6,8-9,12-15,21-23,25,28H,3,7,10-11,16-20H2,1-2H3/t23-,25?,28?/m1/s1. The van der Waals surface area contributed by atoms with Crippen molar-refractivity contribution in [3.05, 3.63) is 106 Å². The van der Waals surface area contributed by atoms with Crippen molar-refractivity contribution in [2.45, 2.75) is 83.5 Å². The first-order valence-electron chi connectivity index (χ1n) is 13.1. The molecule has 0 nitrogen and oxygen atoms in total. The van der Waals surface area contributed by atoms with E-state index in [9.17, 15) is 8.78 Å². The highest BCUT2D eigenvalue weighted by molar-refractivity contribution is 5.30. The molecule has 2 heteroatoms. The summed E-state index contributed by atoms with van der Waals surface area (Å²) < 4.78 is 28.8. The van der Waals surface area contributed by atoms with Crippen molar-refractivity contribution >= 4 is 0 Å². The predicted octanol–water partition coefficient (Wildman–Crippen LogP) is 9.17. The second-order valence-corrected chi connectivity index (χ2v) is 10.3. The van der Waals surface area contributed by atoms with Gasteiger partial charge in [-0.05, 0) is 104 Å². The molecule has 4 rings (SSSR count). The average molecular weight is 461 g/mol. The highest BCUT2D eigenvalue weighted by Crippen LogP contribution is 2.38. The summed E-state index contributed by atoms with van der Waals surface area (Å²) >= 11 is 0. The fourth-order valence-electron chi connectivity index (χ4n) is 5.60. The lowest BCUT2D eigenvalue weighted by atomic mass is 9.76. The molecule has 0 amide bonds. The minimum atomic E-state index is -0.361. The zero-order valence-corrected chi connectivity index (χ0v) is 20.7. The topological polar surface area (TPSA) is 0 Å². The molecule has 0 aromatic heterocycles. The Hall–Kier alpha value is -2.48. The molecule has 0 saturated heterocycles. The molecule has 1 aliphatic rings. The van der Waals surface area contributed by atoms with E-state index in [1.165, 1.54) is 23.1 Å². The highest BCUT2D eigenvalue weighted by Gasteiger charge is 2.24. The van der Waals surface area contributed by atoms with Gasteiger partial charge in [0.05, 0.1) is 0 Å². The van der Waals surface area contributed by atoms with Gasteiger partial charge in [0.1, 0.15) is 11.6 Å². The second-order valence-electron chi connectivity index (χ2n) is 10.3. The van der Waals surface area contributed by atoms with Crippen LogP contribution in [0.3, 0.4) is 0 Å². The summed E-state index contributed by atoms with van der Waals surface area (Å²) in [6, 6.07) is 23.1. The van der Waals surface area contributed by atoms with Crippen LogP contribution >= 0.6 is 0 Å². The van der Waals surface area contributed by atoms with Crippen molar-refractivity contribution in [2.24, 2.45) is 5.92 Å². The number of hydrogen-bond acceptors (Lipinski definition) is 0. The van der Waals surface area contributed by atoms with E-state index in [4.69, 9.17) is 0 Å². The van der Waals surface area contributed by atoms with Gasteiger partial charge in [0.15, 0.2) is 0 Å². The third-order valence-electron chi connectivity index (χ3n) is 7.76. The first-order chi connectivity index (χ1) is 16.5. The predicted molar refractivity (Wildman–Crippen MR) is 138 cm³/mol. The molecule has 0 heterocycles. The molecule has 1 atom stereocenters. The number of hydrogen-bond donors (Lipinski definition) is 0. The quantitative estimate of drug-likeness (QED) is 0.298. The van der Waals surface area contributed by atoms with E-state index in [0.29, 0.717) is 24.2 Å². The van der Waals surface area contributed by atoms with Crippen LogP contribution in [0.1, 0.15) is 92.0 Å². The lowest BCUT2D eigenvalue weighted by Gasteiger charge is -2.29. The van der Waals surface area contributed by atoms with E-state index in [0.717, 1.165) is 50.5 Å². The van der Waals surface area contributed by atoms with Gasteiger partial charge in [0.25, 0.3) is 0 Å². The SMILES string of the molecule is CCCc1c(F)cc(C2CCC(CCc3ccc(C[C@@H](C)c4ccccc4)cc3)CC2)cc1F. The first kappa shape index (κ1) is 24.6. The van der Waals surface area contributed by atoms with Gasteiger partial charge in [0, 0.05) is 5.56 Å². The van der Waals surface area contributed by atoms with Crippen molar-refractivity contribution in [2.75, 3.05) is 0 Å². The first-order valence-corrected chi connectivity index (χ1v) is 13.1. The van der Waals surface area contributed by atoms with Gasteiger partial charge in [0.2, 0.25) is 0 Å². The van der Waals surface area contributed by atoms with Gasteiger partial charge >= 0.3 is 0 Å². The summed E-state index contributed by atoms with van der Waals surface area (Å²) in [4.78, 5) is 0. The summed E-state index contributed by atoms with van der Waals surface area (Å²) in [5, 5.41) is 0. The monoisotopic (exact) mass is 460 g/mol. The smallest absolute Gasteiger partial charge is 0.129 e. The van der Waals surface area contributed by atoms with E-state index in [1.54, 1.807) is 12.1 Å². The molecular formula is C32H38F2. The fourth-order valence-corrected chi connectivity index (χ4v) is 5.60. The van der Waals surface area contributed by atoms with Crippen LogP contribution in [0, 0.1) is 17.6 Å². The molecule has 0 N–H and O–H groups in total. The normalized spacial score (nSPS) is 19.2. The Morgan fingerprint density at radius 3 is 2.03 bits per heavy atom. The van der Waals surface area contributed by atoms with E-state index in [-0.39, 0.29) is 17.2 Å². The Morgan fingerprint density at radius 2 is 1.41 bits per heavy atom. The Morgan fingerprint density at radius 1 is 0.794 bits per heavy atom. The molecule has 1 saturated carbocycles. The molecule has 0 bridgehead atoms. The van der Waals surface area contributed by atoms with Crippen LogP contribution in [0.4, 0.5) is 8.78 Å². The fraction of sp³-hybridized carbons (Fsp3) is 0.438. The van der Waals surface area contributed by atoms with Crippen molar-refractivity contribution in [1.29, 1.82) is 0 Å². The summed E-state index contributed by atoms with van der Waals surface area (Å²) in [5.41, 5.74) is 5.30. The molecule has 1 fully saturated rings. The van der Waals surface area contributed by atoms with Gasteiger partial charge in [-0.1, -0.05) is 74.9 Å². The number of halogens is 2. The van der Waals surface area contributed by atoms with Gasteiger partial charge in [-0.2, -0.15) is 0 Å². The van der Waals surface area contributed by atoms with Crippen LogP contribution in [0.25, 0.3) is 0 Å². The minimum Gasteiger partial charge on any atom is -0.207 e. The number of benzene rings is 3. The van der Waals surface area contributed by atoms with Crippen molar-refractivity contribution in [1.82, 2.24) is 0 Å². The molecule has 3 aromatic carbocycles. The average Bonchev–Trinajstić information content (AvgIpc) is 2.86. The van der Waals surface area contributed by atoms with Crippen LogP contribution in [0.5, 0.6) is 0 Å². The van der Waals surface area contributed by atoms with Crippen molar-refractivity contribution in [3.63, 3.8) is 0 Å². The lowest BCUT2D eigenvalue weighted by Crippen LogP contribution is -2.15. The Labute approximate surface area is 204 Å².